The lowest BCUT2D eigenvalue weighted by Crippen LogP contribution is -2.49. The molecule has 0 bridgehead atoms. The number of rotatable bonds is 7. The number of benzene rings is 2. The number of aliphatic hydroxyl groups excluding tert-OH is 1. The van der Waals surface area contributed by atoms with Gasteiger partial charge in [0.1, 0.15) is 6.04 Å². The molecule has 184 valence electrons. The van der Waals surface area contributed by atoms with Gasteiger partial charge in [0.2, 0.25) is 15.9 Å². The average Bonchev–Trinajstić information content (AvgIpc) is 3.32. The van der Waals surface area contributed by atoms with E-state index in [1.807, 2.05) is 6.07 Å². The summed E-state index contributed by atoms with van der Waals surface area (Å²) in [6, 6.07) is 13.1. The summed E-state index contributed by atoms with van der Waals surface area (Å²) in [6.45, 7) is 0.293. The van der Waals surface area contributed by atoms with Gasteiger partial charge < -0.3 is 15.3 Å². The molecule has 35 heavy (non-hydrogen) atoms. The van der Waals surface area contributed by atoms with Crippen molar-refractivity contribution in [3.05, 3.63) is 64.7 Å². The molecular formula is C24H25ClN4O5S. The zero-order valence-electron chi connectivity index (χ0n) is 18.8. The van der Waals surface area contributed by atoms with E-state index in [1.54, 1.807) is 24.3 Å². The highest BCUT2D eigenvalue weighted by Gasteiger charge is 2.38. The zero-order chi connectivity index (χ0) is 25.2. The fraction of sp³-hybridized carbons (Fsp3) is 0.375. The van der Waals surface area contributed by atoms with Gasteiger partial charge in [0, 0.05) is 30.2 Å². The monoisotopic (exact) mass is 516 g/mol. The summed E-state index contributed by atoms with van der Waals surface area (Å²) in [7, 11) is -3.81. The molecule has 2 fully saturated rings. The molecular weight excluding hydrogens is 492 g/mol. The lowest BCUT2D eigenvalue weighted by Gasteiger charge is -2.34. The standard InChI is InChI=1S/C24H25ClN4O5S/c25-19-8-6-17(7-9-19)21(15-30)27-23(31)22-5-2-10-29(22)24(32)18-3-1-4-20(11-18)35(33,34)28-13-16(12-26)14-28/h1,3-4,6-9,11,16,21-22,30H,2,5,10,13-15H2,(H,27,31)/t21?,22-/m1/s1. The highest BCUT2D eigenvalue weighted by molar-refractivity contribution is 7.89. The molecule has 0 spiro atoms. The third kappa shape index (κ3) is 5.18. The fourth-order valence-corrected chi connectivity index (χ4v) is 6.00. The van der Waals surface area contributed by atoms with Crippen LogP contribution in [-0.4, -0.2) is 66.8 Å². The molecule has 2 saturated heterocycles. The molecule has 2 aliphatic heterocycles. The van der Waals surface area contributed by atoms with Crippen molar-refractivity contribution in [3.8, 4) is 6.07 Å². The van der Waals surface area contributed by atoms with Crippen LogP contribution >= 0.6 is 11.6 Å². The van der Waals surface area contributed by atoms with Crippen LogP contribution in [0.3, 0.4) is 0 Å². The van der Waals surface area contributed by atoms with Crippen LogP contribution in [0.25, 0.3) is 0 Å². The third-order valence-corrected chi connectivity index (χ3v) is 8.42. The number of carbonyl (C=O) groups excluding carboxylic acids is 2. The number of halogens is 1. The lowest BCUT2D eigenvalue weighted by molar-refractivity contribution is -0.125. The first kappa shape index (κ1) is 25.1. The largest absolute Gasteiger partial charge is 0.394 e. The summed E-state index contributed by atoms with van der Waals surface area (Å²) in [5.74, 6) is -1.16. The Labute approximate surface area is 208 Å². The van der Waals surface area contributed by atoms with E-state index in [-0.39, 0.29) is 36.1 Å². The highest BCUT2D eigenvalue weighted by atomic mass is 35.5. The van der Waals surface area contributed by atoms with Gasteiger partial charge in [-0.1, -0.05) is 29.8 Å². The number of sulfonamides is 1. The Kier molecular flexibility index (Phi) is 7.42. The number of aliphatic hydroxyl groups is 1. The zero-order valence-corrected chi connectivity index (χ0v) is 20.4. The van der Waals surface area contributed by atoms with E-state index < -0.39 is 33.9 Å². The van der Waals surface area contributed by atoms with E-state index in [4.69, 9.17) is 16.9 Å². The lowest BCUT2D eigenvalue weighted by atomic mass is 10.1. The second-order valence-electron chi connectivity index (χ2n) is 8.63. The number of nitrogens with zero attached hydrogens (tertiary/aromatic N) is 3. The van der Waals surface area contributed by atoms with E-state index >= 15 is 0 Å². The Morgan fingerprint density at radius 1 is 1.20 bits per heavy atom. The van der Waals surface area contributed by atoms with Crippen LogP contribution in [0.4, 0.5) is 0 Å². The maximum Gasteiger partial charge on any atom is 0.254 e. The Morgan fingerprint density at radius 2 is 1.91 bits per heavy atom. The second-order valence-corrected chi connectivity index (χ2v) is 11.0. The molecule has 0 saturated carbocycles. The SMILES string of the molecule is N#CC1CN(S(=O)(=O)c2cccc(C(=O)N3CCC[C@@H]3C(=O)NC(CO)c3ccc(Cl)cc3)c2)C1. The summed E-state index contributed by atoms with van der Waals surface area (Å²) in [6.07, 6.45) is 1.08. The van der Waals surface area contributed by atoms with Crippen molar-refractivity contribution in [2.75, 3.05) is 26.2 Å². The molecule has 0 radical (unpaired) electrons. The van der Waals surface area contributed by atoms with Crippen molar-refractivity contribution in [1.82, 2.24) is 14.5 Å². The molecule has 2 amide bonds. The first-order valence-electron chi connectivity index (χ1n) is 11.2. The van der Waals surface area contributed by atoms with Crippen molar-refractivity contribution >= 4 is 33.4 Å². The second kappa shape index (κ2) is 10.3. The van der Waals surface area contributed by atoms with Crippen LogP contribution < -0.4 is 5.32 Å². The Hall–Kier alpha value is -2.97. The van der Waals surface area contributed by atoms with Gasteiger partial charge in [0.25, 0.3) is 5.91 Å². The number of nitrogens with one attached hydrogen (secondary N) is 1. The van der Waals surface area contributed by atoms with E-state index in [0.717, 1.165) is 0 Å². The van der Waals surface area contributed by atoms with Crippen LogP contribution in [0.2, 0.25) is 5.02 Å². The van der Waals surface area contributed by atoms with E-state index in [9.17, 15) is 23.1 Å². The fourth-order valence-electron chi connectivity index (χ4n) is 4.30. The minimum atomic E-state index is -3.81. The van der Waals surface area contributed by atoms with Gasteiger partial charge in [0.15, 0.2) is 0 Å². The summed E-state index contributed by atoms with van der Waals surface area (Å²) >= 11 is 5.92. The van der Waals surface area contributed by atoms with Gasteiger partial charge in [0.05, 0.1) is 29.5 Å². The van der Waals surface area contributed by atoms with Crippen molar-refractivity contribution in [2.45, 2.75) is 29.8 Å². The van der Waals surface area contributed by atoms with Crippen LogP contribution in [0.1, 0.15) is 34.8 Å². The highest BCUT2D eigenvalue weighted by Crippen LogP contribution is 2.27. The van der Waals surface area contributed by atoms with Crippen molar-refractivity contribution in [3.63, 3.8) is 0 Å². The van der Waals surface area contributed by atoms with Gasteiger partial charge in [-0.15, -0.1) is 0 Å². The molecule has 0 aliphatic carbocycles. The Balaban J connectivity index is 1.48. The number of hydrogen-bond donors (Lipinski definition) is 2. The molecule has 2 atom stereocenters. The van der Waals surface area contributed by atoms with Crippen LogP contribution in [0, 0.1) is 17.2 Å². The molecule has 2 aromatic rings. The van der Waals surface area contributed by atoms with E-state index in [1.165, 1.54) is 33.5 Å². The number of nitriles is 1. The van der Waals surface area contributed by atoms with Gasteiger partial charge >= 0.3 is 0 Å². The smallest absolute Gasteiger partial charge is 0.254 e. The Bertz CT molecular complexity index is 1260. The topological polar surface area (TPSA) is 131 Å². The van der Waals surface area contributed by atoms with Crippen molar-refractivity contribution in [2.24, 2.45) is 5.92 Å². The van der Waals surface area contributed by atoms with Crippen molar-refractivity contribution in [1.29, 1.82) is 5.26 Å². The molecule has 2 N–H and O–H groups in total. The van der Waals surface area contributed by atoms with Crippen LogP contribution in [0.15, 0.2) is 53.4 Å². The Morgan fingerprint density at radius 3 is 2.57 bits per heavy atom. The summed E-state index contributed by atoms with van der Waals surface area (Å²) in [5.41, 5.74) is 0.850. The summed E-state index contributed by atoms with van der Waals surface area (Å²) in [4.78, 5) is 27.7. The van der Waals surface area contributed by atoms with Gasteiger partial charge in [-0.25, -0.2) is 8.42 Å². The molecule has 2 heterocycles. The van der Waals surface area contributed by atoms with Crippen LogP contribution in [-0.2, 0) is 14.8 Å². The normalized spacial score (nSPS) is 19.6. The van der Waals surface area contributed by atoms with E-state index in [0.29, 0.717) is 30.0 Å². The molecule has 1 unspecified atom stereocenters. The number of likely N-dealkylation sites (tertiary alicyclic amines) is 1. The van der Waals surface area contributed by atoms with Gasteiger partial charge in [-0.3, -0.25) is 9.59 Å². The first-order valence-corrected chi connectivity index (χ1v) is 13.0. The maximum absolute atomic E-state index is 13.3. The molecule has 9 nitrogen and oxygen atoms in total. The number of carbonyl (C=O) groups is 2. The molecule has 0 aromatic heterocycles. The average molecular weight is 517 g/mol. The molecule has 4 rings (SSSR count). The summed E-state index contributed by atoms with van der Waals surface area (Å²) < 4.78 is 26.9. The first-order chi connectivity index (χ1) is 16.7. The predicted molar refractivity (Wildman–Crippen MR) is 128 cm³/mol. The summed E-state index contributed by atoms with van der Waals surface area (Å²) in [5, 5.41) is 22.1. The van der Waals surface area contributed by atoms with Gasteiger partial charge in [-0.2, -0.15) is 9.57 Å². The van der Waals surface area contributed by atoms with Crippen molar-refractivity contribution < 1.29 is 23.1 Å². The minimum Gasteiger partial charge on any atom is -0.394 e. The maximum atomic E-state index is 13.3. The molecule has 11 heteroatoms. The number of hydrogen-bond acceptors (Lipinski definition) is 6. The molecule has 2 aliphatic rings. The number of amides is 2. The van der Waals surface area contributed by atoms with Crippen LogP contribution in [0.5, 0.6) is 0 Å². The quantitative estimate of drug-likeness (QED) is 0.578. The van der Waals surface area contributed by atoms with Gasteiger partial charge in [-0.05, 0) is 48.7 Å². The molecule has 2 aromatic carbocycles. The predicted octanol–water partition coefficient (Wildman–Crippen LogP) is 1.94. The van der Waals surface area contributed by atoms with E-state index in [2.05, 4.69) is 5.32 Å². The third-order valence-electron chi connectivity index (χ3n) is 6.34. The minimum absolute atomic E-state index is 0.0250.